The normalized spacial score (nSPS) is 14.2. The van der Waals surface area contributed by atoms with E-state index in [1.54, 1.807) is 27.7 Å². The number of ether oxygens (including phenoxy) is 2. The van der Waals surface area contributed by atoms with Gasteiger partial charge < -0.3 is 19.9 Å². The minimum absolute atomic E-state index is 0.0896. The molecule has 0 heterocycles. The number of unbranched alkanes of at least 4 members (excludes halogenated alkanes) is 2. The second-order valence-electron chi connectivity index (χ2n) is 6.46. The number of hydrogen-bond donors (Lipinski definition) is 2. The van der Waals surface area contributed by atoms with Crippen molar-refractivity contribution in [2.75, 3.05) is 13.2 Å². The van der Waals surface area contributed by atoms with Crippen molar-refractivity contribution in [1.82, 2.24) is 5.32 Å². The van der Waals surface area contributed by atoms with Crippen LogP contribution >= 0.6 is 0 Å². The van der Waals surface area contributed by atoms with E-state index in [0.29, 0.717) is 6.42 Å². The fraction of sp³-hybridized carbons (Fsp3) is 0.867. The largest absolute Gasteiger partial charge is 0.463 e. The highest BCUT2D eigenvalue weighted by Gasteiger charge is 2.30. The Kier molecular flexibility index (Phi) is 8.32. The van der Waals surface area contributed by atoms with Crippen molar-refractivity contribution in [3.63, 3.8) is 0 Å². The average molecular weight is 303 g/mol. The van der Waals surface area contributed by atoms with Gasteiger partial charge in [-0.3, -0.25) is 4.79 Å². The maximum absolute atomic E-state index is 11.7. The lowest BCUT2D eigenvalue weighted by Gasteiger charge is -2.29. The summed E-state index contributed by atoms with van der Waals surface area (Å²) in [5.74, 6) is -0.325. The Balaban J connectivity index is 4.27. The highest BCUT2D eigenvalue weighted by Crippen LogP contribution is 2.11. The fourth-order valence-electron chi connectivity index (χ4n) is 1.50. The van der Waals surface area contributed by atoms with Crippen molar-refractivity contribution < 1.29 is 24.2 Å². The van der Waals surface area contributed by atoms with Crippen LogP contribution < -0.4 is 5.32 Å². The third-order valence-corrected chi connectivity index (χ3v) is 2.69. The molecular weight excluding hydrogens is 274 g/mol. The maximum Gasteiger partial charge on any atom is 0.408 e. The van der Waals surface area contributed by atoms with E-state index in [4.69, 9.17) is 9.47 Å². The van der Waals surface area contributed by atoms with Gasteiger partial charge in [-0.15, -0.1) is 0 Å². The molecule has 1 amide bonds. The summed E-state index contributed by atoms with van der Waals surface area (Å²) in [6.07, 6.45) is 2.48. The number of nitrogens with one attached hydrogen (secondary N) is 1. The number of esters is 1. The molecule has 0 bridgehead atoms. The van der Waals surface area contributed by atoms with Crippen molar-refractivity contribution >= 4 is 12.1 Å². The van der Waals surface area contributed by atoms with Crippen LogP contribution in [0.1, 0.15) is 60.3 Å². The molecule has 0 saturated heterocycles. The Hall–Kier alpha value is -1.30. The first kappa shape index (κ1) is 19.7. The molecular formula is C15H29NO5. The molecule has 0 rings (SSSR count). The number of aliphatic hydroxyl groups excluding tert-OH is 1. The first-order valence-corrected chi connectivity index (χ1v) is 7.39. The molecule has 0 aromatic heterocycles. The lowest BCUT2D eigenvalue weighted by Crippen LogP contribution is -2.53. The Morgan fingerprint density at radius 3 is 2.24 bits per heavy atom. The van der Waals surface area contributed by atoms with Crippen molar-refractivity contribution in [1.29, 1.82) is 0 Å². The number of amides is 1. The summed E-state index contributed by atoms with van der Waals surface area (Å²) < 4.78 is 10.2. The Labute approximate surface area is 127 Å². The number of rotatable bonds is 8. The molecule has 6 heteroatoms. The van der Waals surface area contributed by atoms with E-state index in [9.17, 15) is 14.7 Å². The van der Waals surface area contributed by atoms with Gasteiger partial charge in [0.1, 0.15) is 12.2 Å². The molecule has 0 aliphatic rings. The van der Waals surface area contributed by atoms with Crippen LogP contribution in [0, 0.1) is 0 Å². The SMILES string of the molecule is CCCCCC(=O)OC[C@](C)(CO)NC(=O)OC(C)(C)C. The third kappa shape index (κ3) is 10.1. The molecule has 0 fully saturated rings. The van der Waals surface area contributed by atoms with E-state index in [0.717, 1.165) is 19.3 Å². The van der Waals surface area contributed by atoms with Gasteiger partial charge in [0.15, 0.2) is 0 Å². The molecule has 124 valence electrons. The van der Waals surface area contributed by atoms with Gasteiger partial charge in [0, 0.05) is 6.42 Å². The number of hydrogen-bond acceptors (Lipinski definition) is 5. The molecule has 0 spiro atoms. The lowest BCUT2D eigenvalue weighted by atomic mass is 10.1. The smallest absolute Gasteiger partial charge is 0.408 e. The second-order valence-corrected chi connectivity index (χ2v) is 6.46. The molecule has 0 aromatic carbocycles. The lowest BCUT2D eigenvalue weighted by molar-refractivity contribution is -0.146. The van der Waals surface area contributed by atoms with Crippen LogP contribution in [-0.4, -0.2) is 41.5 Å². The second kappa shape index (κ2) is 8.87. The van der Waals surface area contributed by atoms with Crippen molar-refractivity contribution in [3.8, 4) is 0 Å². The summed E-state index contributed by atoms with van der Waals surface area (Å²) in [4.78, 5) is 23.3. The number of aliphatic hydroxyl groups is 1. The average Bonchev–Trinajstić information content (AvgIpc) is 2.34. The number of carbonyl (C=O) groups is 2. The van der Waals surface area contributed by atoms with E-state index in [1.165, 1.54) is 0 Å². The monoisotopic (exact) mass is 303 g/mol. The van der Waals surface area contributed by atoms with Gasteiger partial charge in [-0.25, -0.2) is 4.79 Å². The van der Waals surface area contributed by atoms with E-state index in [-0.39, 0.29) is 19.2 Å². The van der Waals surface area contributed by atoms with Crippen LogP contribution in [0.3, 0.4) is 0 Å². The summed E-state index contributed by atoms with van der Waals surface area (Å²) in [6.45, 7) is 8.45. The molecule has 0 saturated carbocycles. The third-order valence-electron chi connectivity index (χ3n) is 2.69. The Morgan fingerprint density at radius 2 is 1.76 bits per heavy atom. The summed E-state index contributed by atoms with van der Waals surface area (Å²) in [5.41, 5.74) is -1.68. The molecule has 2 N–H and O–H groups in total. The number of alkyl carbamates (subject to hydrolysis) is 1. The molecule has 0 aromatic rings. The summed E-state index contributed by atoms with van der Waals surface area (Å²) >= 11 is 0. The first-order valence-electron chi connectivity index (χ1n) is 7.39. The molecule has 0 unspecified atom stereocenters. The number of carbonyl (C=O) groups excluding carboxylic acids is 2. The summed E-state index contributed by atoms with van der Waals surface area (Å²) in [5, 5.41) is 11.9. The zero-order valence-corrected chi connectivity index (χ0v) is 13.8. The van der Waals surface area contributed by atoms with Gasteiger partial charge in [-0.1, -0.05) is 19.8 Å². The standard InChI is InChI=1S/C15H29NO5/c1-6-7-8-9-12(18)20-11-15(5,10-17)16-13(19)21-14(2,3)4/h17H,6-11H2,1-5H3,(H,16,19)/t15-/m0/s1. The minimum Gasteiger partial charge on any atom is -0.463 e. The van der Waals surface area contributed by atoms with E-state index >= 15 is 0 Å². The molecule has 0 aliphatic heterocycles. The van der Waals surface area contributed by atoms with Crippen molar-refractivity contribution in [2.24, 2.45) is 0 Å². The van der Waals surface area contributed by atoms with Crippen LogP contribution in [0.4, 0.5) is 4.79 Å². The zero-order chi connectivity index (χ0) is 16.5. The minimum atomic E-state index is -1.05. The van der Waals surface area contributed by atoms with E-state index in [1.807, 2.05) is 0 Å². The first-order chi connectivity index (χ1) is 9.62. The van der Waals surface area contributed by atoms with Gasteiger partial charge in [0.05, 0.1) is 12.1 Å². The zero-order valence-electron chi connectivity index (χ0n) is 13.8. The topological polar surface area (TPSA) is 84.9 Å². The molecule has 21 heavy (non-hydrogen) atoms. The van der Waals surface area contributed by atoms with Crippen LogP contribution in [0.25, 0.3) is 0 Å². The van der Waals surface area contributed by atoms with Crippen molar-refractivity contribution in [2.45, 2.75) is 71.4 Å². The van der Waals surface area contributed by atoms with Crippen LogP contribution in [0.2, 0.25) is 0 Å². The fourth-order valence-corrected chi connectivity index (χ4v) is 1.50. The van der Waals surface area contributed by atoms with Gasteiger partial charge in [-0.2, -0.15) is 0 Å². The predicted molar refractivity (Wildman–Crippen MR) is 80.0 cm³/mol. The quantitative estimate of drug-likeness (QED) is 0.531. The molecule has 6 nitrogen and oxygen atoms in total. The van der Waals surface area contributed by atoms with Gasteiger partial charge >= 0.3 is 12.1 Å². The Bertz CT molecular complexity index is 337. The van der Waals surface area contributed by atoms with Gasteiger partial charge in [0.25, 0.3) is 0 Å². The molecule has 0 radical (unpaired) electrons. The van der Waals surface area contributed by atoms with Crippen LogP contribution in [-0.2, 0) is 14.3 Å². The summed E-state index contributed by atoms with van der Waals surface area (Å²) in [7, 11) is 0. The van der Waals surface area contributed by atoms with Crippen molar-refractivity contribution in [3.05, 3.63) is 0 Å². The highest BCUT2D eigenvalue weighted by molar-refractivity contribution is 5.70. The van der Waals surface area contributed by atoms with E-state index in [2.05, 4.69) is 12.2 Å². The molecule has 0 aliphatic carbocycles. The highest BCUT2D eigenvalue weighted by atomic mass is 16.6. The summed E-state index contributed by atoms with van der Waals surface area (Å²) in [6, 6.07) is 0. The Morgan fingerprint density at radius 1 is 1.14 bits per heavy atom. The van der Waals surface area contributed by atoms with Gasteiger partial charge in [0.2, 0.25) is 0 Å². The van der Waals surface area contributed by atoms with Crippen LogP contribution in [0.5, 0.6) is 0 Å². The van der Waals surface area contributed by atoms with Crippen LogP contribution in [0.15, 0.2) is 0 Å². The van der Waals surface area contributed by atoms with Gasteiger partial charge in [-0.05, 0) is 34.1 Å². The van der Waals surface area contributed by atoms with E-state index < -0.39 is 17.2 Å². The molecule has 1 atom stereocenters. The predicted octanol–water partition coefficient (Wildman–Crippen LogP) is 2.39. The maximum atomic E-state index is 11.7.